The zero-order valence-corrected chi connectivity index (χ0v) is 44.3. The lowest BCUT2D eigenvalue weighted by Gasteiger charge is -2.31. The third-order valence-electron chi connectivity index (χ3n) is 11.9. The molecule has 2 unspecified atom stereocenters. The molecule has 2 aliphatic heterocycles. The molecular formula is C52H76N6O14P2+2. The fraction of sp³-hybridized carbons (Fsp3) is 0.500. The van der Waals surface area contributed by atoms with Gasteiger partial charge in [-0.25, -0.2) is 9.59 Å². The molecule has 6 rings (SSSR count). The Bertz CT molecular complexity index is 2340. The summed E-state index contributed by atoms with van der Waals surface area (Å²) in [5.74, 6) is 0.597. The molecule has 0 aromatic heterocycles. The summed E-state index contributed by atoms with van der Waals surface area (Å²) in [6.07, 6.45) is -1.51. The quantitative estimate of drug-likeness (QED) is 0.0162. The number of amides is 2. The van der Waals surface area contributed by atoms with Gasteiger partial charge in [0.1, 0.15) is 24.4 Å². The predicted octanol–water partition coefficient (Wildman–Crippen LogP) is 8.59. The zero-order chi connectivity index (χ0) is 53.4. The lowest BCUT2D eigenvalue weighted by Crippen LogP contribution is -2.51. The van der Waals surface area contributed by atoms with E-state index in [2.05, 4.69) is 29.4 Å². The van der Waals surface area contributed by atoms with E-state index in [0.717, 1.165) is 28.8 Å². The molecule has 0 radical (unpaired) electrons. The molecule has 2 heterocycles. The average Bonchev–Trinajstić information content (AvgIpc) is 4.07. The Morgan fingerprint density at radius 1 is 0.662 bits per heavy atom. The third kappa shape index (κ3) is 22.5. The highest BCUT2D eigenvalue weighted by Gasteiger charge is 2.37. The largest absolute Gasteiger partial charge is 0.695 e. The summed E-state index contributed by atoms with van der Waals surface area (Å²) in [4.78, 5) is 59.8. The van der Waals surface area contributed by atoms with Gasteiger partial charge >= 0.3 is 28.7 Å². The molecule has 2 amide bonds. The van der Waals surface area contributed by atoms with E-state index in [1.54, 1.807) is 12.1 Å². The van der Waals surface area contributed by atoms with Crippen LogP contribution in [-0.2, 0) is 63.1 Å². The van der Waals surface area contributed by atoms with Gasteiger partial charge in [-0.1, -0.05) is 113 Å². The first-order chi connectivity index (χ1) is 35.5. The predicted molar refractivity (Wildman–Crippen MR) is 283 cm³/mol. The number of nitro groups is 1. The molecule has 8 atom stereocenters. The monoisotopic (exact) mass is 1070 g/mol. The fourth-order valence-electron chi connectivity index (χ4n) is 8.68. The number of rotatable bonds is 27. The van der Waals surface area contributed by atoms with Crippen LogP contribution in [0.25, 0.3) is 0 Å². The molecule has 20 nitrogen and oxygen atoms in total. The van der Waals surface area contributed by atoms with Gasteiger partial charge in [0.05, 0.1) is 43.4 Å². The van der Waals surface area contributed by atoms with Crippen molar-refractivity contribution in [2.45, 2.75) is 103 Å². The molecule has 2 fully saturated rings. The maximum Gasteiger partial charge on any atom is 0.695 e. The van der Waals surface area contributed by atoms with Gasteiger partial charge in [-0.2, -0.15) is 0 Å². The van der Waals surface area contributed by atoms with Crippen LogP contribution in [0, 0.1) is 22.0 Å². The molecule has 2 saturated heterocycles. The Hall–Kier alpha value is -5.50. The summed E-state index contributed by atoms with van der Waals surface area (Å²) >= 11 is 0. The Morgan fingerprint density at radius 3 is 1.39 bits per heavy atom. The van der Waals surface area contributed by atoms with Crippen LogP contribution in [0.4, 0.5) is 21.0 Å². The van der Waals surface area contributed by atoms with Crippen molar-refractivity contribution >= 4 is 40.1 Å². The molecule has 0 saturated carbocycles. The van der Waals surface area contributed by atoms with E-state index in [1.807, 2.05) is 104 Å². The van der Waals surface area contributed by atoms with Crippen molar-refractivity contribution in [2.75, 3.05) is 58.3 Å². The number of carbonyl (C=O) groups excluding carboxylic acids is 2. The first-order valence-corrected chi connectivity index (χ1v) is 27.1. The number of nitrogen functional groups attached to an aromatic ring is 1. The van der Waals surface area contributed by atoms with Crippen molar-refractivity contribution in [1.82, 2.24) is 20.4 Å². The first-order valence-electron chi connectivity index (χ1n) is 24.8. The van der Waals surface area contributed by atoms with Gasteiger partial charge in [-0.05, 0) is 59.1 Å². The summed E-state index contributed by atoms with van der Waals surface area (Å²) in [6, 6.07) is 31.7. The number of nitrogens with two attached hydrogens (primary N) is 1. The van der Waals surface area contributed by atoms with Crippen molar-refractivity contribution in [3.05, 3.63) is 142 Å². The van der Waals surface area contributed by atoms with Crippen molar-refractivity contribution in [3.8, 4) is 0 Å². The number of nitrogens with zero attached hydrogens (tertiary/aromatic N) is 3. The highest BCUT2D eigenvalue weighted by molar-refractivity contribution is 7.32. The maximum absolute atomic E-state index is 12.8. The molecule has 74 heavy (non-hydrogen) atoms. The van der Waals surface area contributed by atoms with E-state index in [4.69, 9.17) is 33.7 Å². The lowest BCUT2D eigenvalue weighted by molar-refractivity contribution is -0.384. The first kappa shape index (κ1) is 59.4. The number of nitro benzene ring substituents is 1. The lowest BCUT2D eigenvalue weighted by atomic mass is 10.0. The zero-order valence-electron chi connectivity index (χ0n) is 42.5. The molecule has 4 aromatic carbocycles. The van der Waals surface area contributed by atoms with E-state index < -0.39 is 57.9 Å². The Balaban J connectivity index is 0.000000391. The van der Waals surface area contributed by atoms with E-state index in [-0.39, 0.29) is 33.2 Å². The average molecular weight is 1070 g/mol. The number of alkyl carbamates (subject to hydrolysis) is 2. The molecule has 4 aromatic rings. The molecule has 406 valence electrons. The summed E-state index contributed by atoms with van der Waals surface area (Å²) in [5.41, 5.74) is 10.3. The summed E-state index contributed by atoms with van der Waals surface area (Å²) in [6.45, 7) is 13.0. The molecule has 0 aliphatic carbocycles. The van der Waals surface area contributed by atoms with Gasteiger partial charge < -0.3 is 35.3 Å². The van der Waals surface area contributed by atoms with Crippen LogP contribution in [0.3, 0.4) is 0 Å². The topological polar surface area (TPSA) is 264 Å². The van der Waals surface area contributed by atoms with Crippen molar-refractivity contribution in [1.29, 1.82) is 0 Å². The summed E-state index contributed by atoms with van der Waals surface area (Å²) in [5, 5.41) is 16.8. The number of carbonyl (C=O) groups is 2. The van der Waals surface area contributed by atoms with Gasteiger partial charge in [0, 0.05) is 81.9 Å². The smallest absolute Gasteiger partial charge is 0.444 e. The van der Waals surface area contributed by atoms with Crippen LogP contribution in [-0.4, -0.2) is 126 Å². The van der Waals surface area contributed by atoms with Gasteiger partial charge in [0.15, 0.2) is 0 Å². The summed E-state index contributed by atoms with van der Waals surface area (Å²) in [7, 11) is -5.88. The fourth-order valence-corrected chi connectivity index (χ4v) is 9.57. The number of anilines is 1. The molecular weight excluding hydrogens is 995 g/mol. The number of benzene rings is 4. The molecule has 2 aliphatic rings. The molecule has 0 spiro atoms. The van der Waals surface area contributed by atoms with E-state index >= 15 is 0 Å². The minimum atomic E-state index is -2.97. The second-order valence-electron chi connectivity index (χ2n) is 19.3. The van der Waals surface area contributed by atoms with E-state index in [0.29, 0.717) is 89.9 Å². The maximum atomic E-state index is 12.8. The van der Waals surface area contributed by atoms with E-state index in [9.17, 15) is 38.6 Å². The number of hydrogen-bond acceptors (Lipinski definition) is 15. The molecule has 6 N–H and O–H groups in total. The van der Waals surface area contributed by atoms with E-state index in [1.165, 1.54) is 12.1 Å². The van der Waals surface area contributed by atoms with Crippen LogP contribution >= 0.6 is 16.5 Å². The Morgan fingerprint density at radius 2 is 1.05 bits per heavy atom. The SMILES string of the molecule is CC(C)CN(Cc1ccc(N)cc1)C[C@@H](O[P+](=O)O)[C@H](Cc1ccccc1)NC(=O)O[C@H]1CCOC1.CC(C)CN(Cc1ccc([N+](=O)[O-])cc1)C[C@@H](O[P+](=O)O)[C@H](Cc1ccccc1)NC(=O)O[C@H]1CCOC1.[HH].[HH]. The van der Waals surface area contributed by atoms with Crippen LogP contribution in [0.2, 0.25) is 0 Å². The van der Waals surface area contributed by atoms with Gasteiger partial charge in [0.2, 0.25) is 0 Å². The van der Waals surface area contributed by atoms with Gasteiger partial charge in [-0.3, -0.25) is 19.9 Å². The van der Waals surface area contributed by atoms with Gasteiger partial charge in [-0.15, -0.1) is 18.8 Å². The highest BCUT2D eigenvalue weighted by Crippen LogP contribution is 2.26. The Labute approximate surface area is 438 Å². The molecule has 0 bridgehead atoms. The van der Waals surface area contributed by atoms with Crippen molar-refractivity contribution in [3.63, 3.8) is 0 Å². The third-order valence-corrected chi connectivity index (χ3v) is 12.8. The molecule has 22 heteroatoms. The number of nitrogens with one attached hydrogen (secondary N) is 2. The van der Waals surface area contributed by atoms with Crippen LogP contribution < -0.4 is 16.4 Å². The number of hydrogen-bond donors (Lipinski definition) is 5. The van der Waals surface area contributed by atoms with Crippen LogP contribution in [0.1, 0.15) is 65.6 Å². The van der Waals surface area contributed by atoms with Crippen LogP contribution in [0.15, 0.2) is 109 Å². The second-order valence-corrected chi connectivity index (χ2v) is 20.6. The normalized spacial score (nSPS) is 17.5. The standard InChI is InChI=1S/C26H34N3O8P.C26H36N3O6P.2H2/c1-19(2)15-28(16-21-8-10-22(11-9-21)29(31)32)17-25(37-38(33)34)24(14-20-6-4-3-5-7-20)27-26(30)36-23-12-13-35-18-23;1-19(2)15-29(16-21-8-10-22(27)11-9-21)17-25(35-36(31)32)24(14-20-6-4-3-5-7-20)28-26(30)34-23-12-13-33-18-23;;/h3-11,19,23-25H,12-18H2,1-2H3,(H-,27,30,33,34);3-11,19,23-25H,12-18,27H2,1-2H3,(H-,28,30,31,32);2*1H/p+2/t2*23-,24-,25+;;/m00../s1. The number of non-ortho nitro benzene ring substituents is 1. The van der Waals surface area contributed by atoms with Crippen LogP contribution in [0.5, 0.6) is 0 Å². The summed E-state index contributed by atoms with van der Waals surface area (Å²) < 4.78 is 56.4. The van der Waals surface area contributed by atoms with Crippen molar-refractivity contribution in [2.24, 2.45) is 11.8 Å². The minimum absolute atomic E-state index is 0. The Kier molecular flexibility index (Phi) is 25.2. The highest BCUT2D eigenvalue weighted by atomic mass is 31.1. The van der Waals surface area contributed by atoms with Gasteiger partial charge in [0.25, 0.3) is 5.69 Å². The second kappa shape index (κ2) is 31.4. The van der Waals surface area contributed by atoms with Crippen molar-refractivity contribution < 1.29 is 64.3 Å². The number of ether oxygens (including phenoxy) is 4. The minimum Gasteiger partial charge on any atom is -0.444 e.